The normalized spacial score (nSPS) is 13.7. The van der Waals surface area contributed by atoms with Crippen LogP contribution in [0, 0.1) is 11.3 Å². The van der Waals surface area contributed by atoms with E-state index in [1.807, 2.05) is 80.9 Å². The summed E-state index contributed by atoms with van der Waals surface area (Å²) in [6, 6.07) is 15.3. The largest absolute Gasteiger partial charge is 0.443 e. The summed E-state index contributed by atoms with van der Waals surface area (Å²) >= 11 is 6.12. The van der Waals surface area contributed by atoms with Gasteiger partial charge in [0.15, 0.2) is 0 Å². The number of rotatable bonds is 5. The second kappa shape index (κ2) is 9.05. The summed E-state index contributed by atoms with van der Waals surface area (Å²) in [4.78, 5) is 14.2. The van der Waals surface area contributed by atoms with Crippen molar-refractivity contribution in [2.45, 2.75) is 45.3 Å². The van der Waals surface area contributed by atoms with Crippen LogP contribution in [0.4, 0.5) is 10.5 Å². The van der Waals surface area contributed by atoms with Crippen LogP contribution in [0.15, 0.2) is 60.8 Å². The predicted octanol–water partition coefficient (Wildman–Crippen LogP) is 6.29. The first-order chi connectivity index (χ1) is 15.1. The number of hydrogen-bond acceptors (Lipinski definition) is 4. The van der Waals surface area contributed by atoms with Gasteiger partial charge in [0.25, 0.3) is 0 Å². The van der Waals surface area contributed by atoms with Crippen LogP contribution in [-0.2, 0) is 10.3 Å². The lowest BCUT2D eigenvalue weighted by atomic mass is 9.86. The van der Waals surface area contributed by atoms with Crippen LogP contribution < -0.4 is 4.90 Å². The Morgan fingerprint density at radius 2 is 1.94 bits per heavy atom. The highest BCUT2D eigenvalue weighted by atomic mass is 35.5. The van der Waals surface area contributed by atoms with Crippen LogP contribution in [-0.4, -0.2) is 28.5 Å². The van der Waals surface area contributed by atoms with Gasteiger partial charge in [0.2, 0.25) is 0 Å². The molecule has 0 aliphatic rings. The quantitative estimate of drug-likeness (QED) is 0.428. The number of aromatic nitrogens is 2. The summed E-state index contributed by atoms with van der Waals surface area (Å²) < 4.78 is 7.43. The zero-order chi connectivity index (χ0) is 23.5. The first kappa shape index (κ1) is 23.4. The molecule has 0 saturated heterocycles. The number of nitrogens with zero attached hydrogens (tertiary/aromatic N) is 4. The highest BCUT2D eigenvalue weighted by molar-refractivity contribution is 6.30. The van der Waals surface area contributed by atoms with E-state index in [1.165, 1.54) is 11.0 Å². The number of anilines is 1. The van der Waals surface area contributed by atoms with Crippen molar-refractivity contribution in [3.8, 4) is 6.07 Å². The number of carbonyl (C=O) groups excluding carboxylic acids is 1. The fourth-order valence-corrected chi connectivity index (χ4v) is 3.88. The average Bonchev–Trinajstić information content (AvgIpc) is 3.19. The molecular formula is C25H27ClN4O2. The molecule has 0 saturated carbocycles. The van der Waals surface area contributed by atoms with Crippen molar-refractivity contribution < 1.29 is 9.53 Å². The third kappa shape index (κ3) is 4.49. The fourth-order valence-electron chi connectivity index (χ4n) is 3.75. The molecule has 1 amide bonds. The number of amides is 1. The van der Waals surface area contributed by atoms with Crippen molar-refractivity contribution >= 4 is 34.3 Å². The van der Waals surface area contributed by atoms with Gasteiger partial charge in [-0.3, -0.25) is 9.58 Å². The van der Waals surface area contributed by atoms with Crippen LogP contribution in [0.1, 0.15) is 39.7 Å². The summed E-state index contributed by atoms with van der Waals surface area (Å²) in [5.41, 5.74) is 1.17. The summed E-state index contributed by atoms with van der Waals surface area (Å²) in [7, 11) is 1.68. The molecule has 0 radical (unpaired) electrons. The minimum atomic E-state index is -0.703. The van der Waals surface area contributed by atoms with Gasteiger partial charge in [-0.15, -0.1) is 0 Å². The van der Waals surface area contributed by atoms with Gasteiger partial charge in [-0.2, -0.15) is 10.4 Å². The maximum Gasteiger partial charge on any atom is 0.414 e. The van der Waals surface area contributed by atoms with Gasteiger partial charge in [0, 0.05) is 23.5 Å². The molecule has 0 fully saturated rings. The van der Waals surface area contributed by atoms with E-state index in [4.69, 9.17) is 21.4 Å². The Balaban J connectivity index is 2.18. The van der Waals surface area contributed by atoms with E-state index < -0.39 is 17.2 Å². The molecule has 1 atom stereocenters. The van der Waals surface area contributed by atoms with E-state index in [0.717, 1.165) is 16.5 Å². The van der Waals surface area contributed by atoms with Crippen LogP contribution in [0.5, 0.6) is 0 Å². The maximum atomic E-state index is 12.7. The Hall–Kier alpha value is -3.30. The van der Waals surface area contributed by atoms with Gasteiger partial charge in [0.05, 0.1) is 23.5 Å². The predicted molar refractivity (Wildman–Crippen MR) is 128 cm³/mol. The van der Waals surface area contributed by atoms with Crippen molar-refractivity contribution in [2.75, 3.05) is 11.9 Å². The first-order valence-corrected chi connectivity index (χ1v) is 10.8. The number of halogens is 1. The number of nitriles is 1. The van der Waals surface area contributed by atoms with E-state index in [0.29, 0.717) is 17.1 Å². The molecule has 3 aromatic rings. The lowest BCUT2D eigenvalue weighted by molar-refractivity contribution is 0.0590. The van der Waals surface area contributed by atoms with Crippen molar-refractivity contribution in [1.29, 1.82) is 5.26 Å². The SMILES string of the molecule is CCC(/C=C/C#N)(c1ccc(Cl)cc1)n1ncc2c(N(C)C(=O)OC(C)(C)C)cccc21. The smallest absolute Gasteiger partial charge is 0.414 e. The van der Waals surface area contributed by atoms with Crippen LogP contribution in [0.25, 0.3) is 10.9 Å². The summed E-state index contributed by atoms with van der Waals surface area (Å²) in [5, 5.41) is 15.4. The van der Waals surface area contributed by atoms with E-state index in [9.17, 15) is 10.1 Å². The molecule has 0 bridgehead atoms. The second-order valence-electron chi connectivity index (χ2n) is 8.55. The monoisotopic (exact) mass is 450 g/mol. The molecule has 6 nitrogen and oxygen atoms in total. The molecule has 2 aromatic carbocycles. The van der Waals surface area contributed by atoms with Gasteiger partial charge < -0.3 is 4.74 Å². The molecule has 0 aliphatic carbocycles. The molecule has 166 valence electrons. The average molecular weight is 451 g/mol. The molecule has 7 heteroatoms. The zero-order valence-corrected chi connectivity index (χ0v) is 19.7. The third-order valence-electron chi connectivity index (χ3n) is 5.31. The van der Waals surface area contributed by atoms with Gasteiger partial charge in [-0.1, -0.05) is 36.7 Å². The number of allylic oxidation sites excluding steroid dienone is 2. The third-order valence-corrected chi connectivity index (χ3v) is 5.57. The molecule has 32 heavy (non-hydrogen) atoms. The maximum absolute atomic E-state index is 12.7. The molecule has 0 aliphatic heterocycles. The van der Waals surface area contributed by atoms with Gasteiger partial charge in [0.1, 0.15) is 11.1 Å². The number of ether oxygens (including phenoxy) is 1. The van der Waals surface area contributed by atoms with Crippen molar-refractivity contribution in [3.05, 3.63) is 71.4 Å². The minimum absolute atomic E-state index is 0.443. The molecule has 1 aromatic heterocycles. The second-order valence-corrected chi connectivity index (χ2v) is 8.99. The fraction of sp³-hybridized carbons (Fsp3) is 0.320. The minimum Gasteiger partial charge on any atom is -0.443 e. The lowest BCUT2D eigenvalue weighted by Crippen LogP contribution is -2.34. The Kier molecular flexibility index (Phi) is 6.61. The molecule has 1 heterocycles. The van der Waals surface area contributed by atoms with Gasteiger partial charge in [-0.25, -0.2) is 4.79 Å². The highest BCUT2D eigenvalue weighted by Gasteiger charge is 2.33. The summed E-state index contributed by atoms with van der Waals surface area (Å²) in [6.07, 6.45) is 5.28. The van der Waals surface area contributed by atoms with Crippen LogP contribution in [0.2, 0.25) is 5.02 Å². The van der Waals surface area contributed by atoms with E-state index in [2.05, 4.69) is 6.07 Å². The number of carbonyl (C=O) groups is 1. The summed E-state index contributed by atoms with van der Waals surface area (Å²) in [5.74, 6) is 0. The number of benzene rings is 2. The Bertz CT molecular complexity index is 1190. The molecule has 1 unspecified atom stereocenters. The van der Waals surface area contributed by atoms with E-state index in [1.54, 1.807) is 13.2 Å². The van der Waals surface area contributed by atoms with Crippen molar-refractivity contribution in [3.63, 3.8) is 0 Å². The van der Waals surface area contributed by atoms with E-state index >= 15 is 0 Å². The first-order valence-electron chi connectivity index (χ1n) is 10.4. The molecular weight excluding hydrogens is 424 g/mol. The summed E-state index contributed by atoms with van der Waals surface area (Å²) in [6.45, 7) is 7.54. The van der Waals surface area contributed by atoms with Gasteiger partial charge >= 0.3 is 6.09 Å². The Morgan fingerprint density at radius 3 is 2.53 bits per heavy atom. The molecule has 0 spiro atoms. The van der Waals surface area contributed by atoms with Crippen molar-refractivity contribution in [1.82, 2.24) is 9.78 Å². The Morgan fingerprint density at radius 1 is 1.25 bits per heavy atom. The number of hydrogen-bond donors (Lipinski definition) is 0. The topological polar surface area (TPSA) is 71.2 Å². The van der Waals surface area contributed by atoms with E-state index in [-0.39, 0.29) is 0 Å². The van der Waals surface area contributed by atoms with Crippen LogP contribution >= 0.6 is 11.6 Å². The highest BCUT2D eigenvalue weighted by Crippen LogP contribution is 2.37. The number of fused-ring (bicyclic) bond motifs is 1. The Labute approximate surface area is 193 Å². The van der Waals surface area contributed by atoms with Crippen molar-refractivity contribution in [2.24, 2.45) is 0 Å². The standard InChI is InChI=1S/C25H27ClN4O2/c1-6-25(15-8-16-27,18-11-13-19(26)14-12-18)30-22-10-7-9-21(20(22)17-28-30)29(5)23(31)32-24(2,3)4/h7-15,17H,6H2,1-5H3/b15-8+. The lowest BCUT2D eigenvalue weighted by Gasteiger charge is -2.32. The van der Waals surface area contributed by atoms with Crippen LogP contribution in [0.3, 0.4) is 0 Å². The zero-order valence-electron chi connectivity index (χ0n) is 19.0. The molecule has 3 rings (SSSR count). The van der Waals surface area contributed by atoms with Gasteiger partial charge in [-0.05, 0) is 63.1 Å². The molecule has 0 N–H and O–H groups in total.